The highest BCUT2D eigenvalue weighted by atomic mass is 16.3. The monoisotopic (exact) mass is 334 g/mol. The van der Waals surface area contributed by atoms with E-state index < -0.39 is 5.60 Å². The molecule has 0 aliphatic carbocycles. The highest BCUT2D eigenvalue weighted by molar-refractivity contribution is 5.76. The predicted molar refractivity (Wildman–Crippen MR) is 96.0 cm³/mol. The van der Waals surface area contributed by atoms with E-state index in [9.17, 15) is 9.90 Å². The minimum absolute atomic E-state index is 0.00285. The van der Waals surface area contributed by atoms with Gasteiger partial charge in [-0.25, -0.2) is 4.98 Å². The summed E-state index contributed by atoms with van der Waals surface area (Å²) in [5.41, 5.74) is -0.857. The first-order chi connectivity index (χ1) is 11.4. The topological polar surface area (TPSA) is 68.7 Å². The van der Waals surface area contributed by atoms with Crippen LogP contribution in [0, 0.1) is 5.92 Å². The number of anilines is 1. The van der Waals surface area contributed by atoms with Gasteiger partial charge in [-0.1, -0.05) is 19.9 Å². The Morgan fingerprint density at radius 3 is 2.62 bits per heavy atom. The lowest BCUT2D eigenvalue weighted by atomic mass is 9.92. The number of nitrogens with zero attached hydrogens (tertiary/aromatic N) is 3. The van der Waals surface area contributed by atoms with Gasteiger partial charge in [0.1, 0.15) is 5.82 Å². The smallest absolute Gasteiger partial charge is 0.221 e. The molecular formula is C18H30N4O2. The van der Waals surface area contributed by atoms with Crippen molar-refractivity contribution >= 4 is 11.7 Å². The van der Waals surface area contributed by atoms with Crippen LogP contribution in [0.4, 0.5) is 5.82 Å². The van der Waals surface area contributed by atoms with E-state index in [4.69, 9.17) is 0 Å². The summed E-state index contributed by atoms with van der Waals surface area (Å²) in [6, 6.07) is 5.96. The van der Waals surface area contributed by atoms with E-state index in [1.807, 2.05) is 38.2 Å². The summed E-state index contributed by atoms with van der Waals surface area (Å²) < 4.78 is 0. The van der Waals surface area contributed by atoms with Gasteiger partial charge in [0.05, 0.1) is 5.60 Å². The van der Waals surface area contributed by atoms with E-state index in [-0.39, 0.29) is 11.8 Å². The second-order valence-electron chi connectivity index (χ2n) is 7.06. The number of pyridine rings is 1. The molecule has 1 fully saturated rings. The number of hydrogen-bond acceptors (Lipinski definition) is 5. The molecule has 6 nitrogen and oxygen atoms in total. The van der Waals surface area contributed by atoms with Crippen LogP contribution in [0.25, 0.3) is 0 Å². The fraction of sp³-hybridized carbons (Fsp3) is 0.667. The van der Waals surface area contributed by atoms with Crippen LogP contribution in [0.1, 0.15) is 27.2 Å². The number of nitrogens with one attached hydrogen (secondary N) is 1. The summed E-state index contributed by atoms with van der Waals surface area (Å²) in [5.74, 6) is 1.13. The van der Waals surface area contributed by atoms with Gasteiger partial charge >= 0.3 is 0 Å². The molecule has 0 radical (unpaired) electrons. The Labute approximate surface area is 144 Å². The first-order valence-electron chi connectivity index (χ1n) is 8.76. The lowest BCUT2D eigenvalue weighted by Gasteiger charge is -2.35. The zero-order valence-corrected chi connectivity index (χ0v) is 15.0. The molecule has 0 bridgehead atoms. The van der Waals surface area contributed by atoms with Gasteiger partial charge in [0.15, 0.2) is 0 Å². The van der Waals surface area contributed by atoms with Crippen molar-refractivity contribution in [3.8, 4) is 0 Å². The maximum absolute atomic E-state index is 12.0. The molecule has 2 rings (SSSR count). The number of aliphatic hydroxyl groups is 1. The summed E-state index contributed by atoms with van der Waals surface area (Å²) in [4.78, 5) is 20.9. The van der Waals surface area contributed by atoms with Crippen molar-refractivity contribution in [1.29, 1.82) is 0 Å². The van der Waals surface area contributed by atoms with Crippen molar-refractivity contribution in [1.82, 2.24) is 15.2 Å². The van der Waals surface area contributed by atoms with Crippen LogP contribution in [0.15, 0.2) is 24.4 Å². The number of amides is 1. The van der Waals surface area contributed by atoms with Gasteiger partial charge in [0.2, 0.25) is 5.91 Å². The van der Waals surface area contributed by atoms with Gasteiger partial charge in [-0.2, -0.15) is 0 Å². The average molecular weight is 334 g/mol. The third-order valence-electron chi connectivity index (χ3n) is 4.89. The second kappa shape index (κ2) is 8.44. The summed E-state index contributed by atoms with van der Waals surface area (Å²) in [5, 5.41) is 13.0. The normalized spacial score (nSPS) is 18.5. The largest absolute Gasteiger partial charge is 0.388 e. The van der Waals surface area contributed by atoms with Crippen molar-refractivity contribution in [2.45, 2.75) is 32.8 Å². The van der Waals surface area contributed by atoms with Crippen LogP contribution < -0.4 is 10.2 Å². The Bertz CT molecular complexity index is 511. The first-order valence-corrected chi connectivity index (χ1v) is 8.76. The molecular weight excluding hydrogens is 304 g/mol. The van der Waals surface area contributed by atoms with Crippen molar-refractivity contribution < 1.29 is 9.90 Å². The maximum atomic E-state index is 12.0. The van der Waals surface area contributed by atoms with E-state index >= 15 is 0 Å². The molecule has 24 heavy (non-hydrogen) atoms. The average Bonchev–Trinajstić information content (AvgIpc) is 2.59. The Balaban J connectivity index is 1.66. The second-order valence-corrected chi connectivity index (χ2v) is 7.06. The first kappa shape index (κ1) is 18.7. The molecule has 0 saturated carbocycles. The Hall–Kier alpha value is -1.66. The molecule has 1 aromatic rings. The molecule has 1 aliphatic heterocycles. The molecule has 0 spiro atoms. The van der Waals surface area contributed by atoms with E-state index in [1.165, 1.54) is 0 Å². The van der Waals surface area contributed by atoms with Gasteiger partial charge in [0.25, 0.3) is 0 Å². The molecule has 1 aromatic heterocycles. The van der Waals surface area contributed by atoms with Crippen molar-refractivity contribution in [3.63, 3.8) is 0 Å². The van der Waals surface area contributed by atoms with Crippen LogP contribution in [-0.2, 0) is 4.79 Å². The van der Waals surface area contributed by atoms with E-state index in [0.29, 0.717) is 13.0 Å². The van der Waals surface area contributed by atoms with Crippen molar-refractivity contribution in [3.05, 3.63) is 24.4 Å². The summed E-state index contributed by atoms with van der Waals surface area (Å²) in [7, 11) is 0. The number of piperazine rings is 1. The van der Waals surface area contributed by atoms with E-state index in [0.717, 1.165) is 38.5 Å². The van der Waals surface area contributed by atoms with Gasteiger partial charge in [-0.15, -0.1) is 0 Å². The van der Waals surface area contributed by atoms with Crippen LogP contribution in [0.5, 0.6) is 0 Å². The highest BCUT2D eigenvalue weighted by Gasteiger charge is 2.25. The molecule has 2 heterocycles. The fourth-order valence-electron chi connectivity index (χ4n) is 2.57. The molecule has 134 valence electrons. The summed E-state index contributed by atoms with van der Waals surface area (Å²) in [6.07, 6.45) is 2.29. The quantitative estimate of drug-likeness (QED) is 0.782. The fourth-order valence-corrected chi connectivity index (χ4v) is 2.57. The van der Waals surface area contributed by atoms with Gasteiger partial charge in [-0.3, -0.25) is 9.69 Å². The molecule has 1 amide bonds. The van der Waals surface area contributed by atoms with Crippen molar-refractivity contribution in [2.24, 2.45) is 5.92 Å². The minimum Gasteiger partial charge on any atom is -0.388 e. The standard InChI is InChI=1S/C18H30N4O2/c1-15(2)18(3,24)14-20-17(23)7-9-21-10-12-22(13-11-21)16-6-4-5-8-19-16/h4-6,8,15,24H,7,9-14H2,1-3H3,(H,20,23). The Morgan fingerprint density at radius 2 is 2.04 bits per heavy atom. The molecule has 0 aromatic carbocycles. The van der Waals surface area contributed by atoms with Crippen LogP contribution in [0.3, 0.4) is 0 Å². The molecule has 2 N–H and O–H groups in total. The van der Waals surface area contributed by atoms with Crippen molar-refractivity contribution in [2.75, 3.05) is 44.2 Å². The number of aromatic nitrogens is 1. The minimum atomic E-state index is -0.857. The number of carbonyl (C=O) groups is 1. The van der Waals surface area contributed by atoms with Crippen LogP contribution in [-0.4, -0.2) is 65.8 Å². The number of rotatable bonds is 7. The van der Waals surface area contributed by atoms with Crippen LogP contribution in [0.2, 0.25) is 0 Å². The SMILES string of the molecule is CC(C)C(C)(O)CNC(=O)CCN1CCN(c2ccccn2)CC1. The van der Waals surface area contributed by atoms with Gasteiger partial charge < -0.3 is 15.3 Å². The van der Waals surface area contributed by atoms with Crippen LogP contribution >= 0.6 is 0 Å². The van der Waals surface area contributed by atoms with E-state index in [1.54, 1.807) is 6.92 Å². The van der Waals surface area contributed by atoms with E-state index in [2.05, 4.69) is 20.1 Å². The third kappa shape index (κ3) is 5.46. The van der Waals surface area contributed by atoms with Gasteiger partial charge in [-0.05, 0) is 25.0 Å². The lowest BCUT2D eigenvalue weighted by molar-refractivity contribution is -0.123. The molecule has 6 heteroatoms. The lowest BCUT2D eigenvalue weighted by Crippen LogP contribution is -2.48. The third-order valence-corrected chi connectivity index (χ3v) is 4.89. The molecule has 1 aliphatic rings. The van der Waals surface area contributed by atoms with Gasteiger partial charge in [0, 0.05) is 51.9 Å². The summed E-state index contributed by atoms with van der Waals surface area (Å²) >= 11 is 0. The zero-order chi connectivity index (χ0) is 17.6. The number of hydrogen-bond donors (Lipinski definition) is 2. The Kier molecular flexibility index (Phi) is 6.57. The summed E-state index contributed by atoms with van der Waals surface area (Å²) in [6.45, 7) is 10.5. The highest BCUT2D eigenvalue weighted by Crippen LogP contribution is 2.15. The Morgan fingerprint density at radius 1 is 1.33 bits per heavy atom. The predicted octanol–water partition coefficient (Wildman–Crippen LogP) is 1.12. The molecule has 1 atom stereocenters. The number of carbonyl (C=O) groups excluding carboxylic acids is 1. The molecule has 1 unspecified atom stereocenters. The zero-order valence-electron chi connectivity index (χ0n) is 15.0. The maximum Gasteiger partial charge on any atom is 0.221 e. The molecule has 1 saturated heterocycles.